The molecule has 0 aliphatic rings. The van der Waals surface area contributed by atoms with Crippen LogP contribution in [0.3, 0.4) is 0 Å². The lowest BCUT2D eigenvalue weighted by Crippen LogP contribution is -2.41. The van der Waals surface area contributed by atoms with E-state index in [0.29, 0.717) is 17.4 Å². The van der Waals surface area contributed by atoms with Crippen molar-refractivity contribution in [2.24, 2.45) is 7.05 Å². The average Bonchev–Trinajstić information content (AvgIpc) is 2.62. The van der Waals surface area contributed by atoms with Gasteiger partial charge in [-0.1, -0.05) is 42.5 Å². The summed E-state index contributed by atoms with van der Waals surface area (Å²) < 4.78 is 2.34. The molecule has 1 aromatic heterocycles. The highest BCUT2D eigenvalue weighted by atomic mass is 16.2. The van der Waals surface area contributed by atoms with Crippen molar-refractivity contribution in [3.63, 3.8) is 0 Å². The Kier molecular flexibility index (Phi) is 4.29. The highest BCUT2D eigenvalue weighted by Gasteiger charge is 2.12. The van der Waals surface area contributed by atoms with Crippen LogP contribution in [0.4, 0.5) is 0 Å². The van der Waals surface area contributed by atoms with Gasteiger partial charge in [0.05, 0.1) is 10.9 Å². The van der Waals surface area contributed by atoms with Gasteiger partial charge in [-0.15, -0.1) is 0 Å². The normalized spacial score (nSPS) is 10.7. The molecule has 0 atom stereocenters. The molecule has 0 aliphatic heterocycles. The molecule has 1 heterocycles. The Morgan fingerprint density at radius 2 is 1.67 bits per heavy atom. The van der Waals surface area contributed by atoms with Crippen molar-refractivity contribution in [3.05, 3.63) is 81.0 Å². The minimum atomic E-state index is -0.506. The van der Waals surface area contributed by atoms with E-state index >= 15 is 0 Å². The molecular weight excluding hydrogens is 306 g/mol. The van der Waals surface area contributed by atoms with Crippen molar-refractivity contribution in [1.82, 2.24) is 14.5 Å². The zero-order valence-electron chi connectivity index (χ0n) is 13.2. The summed E-state index contributed by atoms with van der Waals surface area (Å²) in [5.74, 6) is -0.287. The van der Waals surface area contributed by atoms with Gasteiger partial charge in [0.25, 0.3) is 5.56 Å². The van der Waals surface area contributed by atoms with Crippen molar-refractivity contribution in [2.75, 3.05) is 0 Å². The summed E-state index contributed by atoms with van der Waals surface area (Å²) in [5, 5.41) is 3.20. The standard InChI is InChI=1S/C18H17N3O3/c1-20-17(23)14-9-5-6-10-15(14)21(18(20)24)12-16(22)19-11-13-7-3-2-4-8-13/h2-10H,11-12H2,1H3,(H,19,22). The number of rotatable bonds is 4. The predicted octanol–water partition coefficient (Wildman–Crippen LogP) is 1.02. The fourth-order valence-corrected chi connectivity index (χ4v) is 2.59. The summed E-state index contributed by atoms with van der Waals surface area (Å²) in [7, 11) is 1.41. The van der Waals surface area contributed by atoms with Gasteiger partial charge in [-0.25, -0.2) is 4.79 Å². The van der Waals surface area contributed by atoms with Gasteiger partial charge in [-0.05, 0) is 17.7 Å². The van der Waals surface area contributed by atoms with Gasteiger partial charge in [-0.3, -0.25) is 18.7 Å². The van der Waals surface area contributed by atoms with E-state index < -0.39 is 5.69 Å². The van der Waals surface area contributed by atoms with E-state index in [1.165, 1.54) is 11.6 Å². The molecule has 0 saturated heterocycles. The summed E-state index contributed by atoms with van der Waals surface area (Å²) in [6.07, 6.45) is 0. The summed E-state index contributed by atoms with van der Waals surface area (Å²) in [4.78, 5) is 36.7. The molecule has 0 radical (unpaired) electrons. The van der Waals surface area contributed by atoms with Crippen LogP contribution in [0, 0.1) is 0 Å². The number of fused-ring (bicyclic) bond motifs is 1. The molecule has 3 rings (SSSR count). The first-order valence-electron chi connectivity index (χ1n) is 7.57. The molecule has 0 aliphatic carbocycles. The molecule has 24 heavy (non-hydrogen) atoms. The Labute approximate surface area is 138 Å². The maximum atomic E-state index is 12.4. The van der Waals surface area contributed by atoms with E-state index in [1.807, 2.05) is 30.3 Å². The number of para-hydroxylation sites is 1. The third kappa shape index (κ3) is 2.99. The summed E-state index contributed by atoms with van der Waals surface area (Å²) in [5.41, 5.74) is 0.564. The van der Waals surface area contributed by atoms with Crippen LogP contribution < -0.4 is 16.6 Å². The SMILES string of the molecule is Cn1c(=O)c2ccccc2n(CC(=O)NCc2ccccc2)c1=O. The number of amides is 1. The summed E-state index contributed by atoms with van der Waals surface area (Å²) in [6, 6.07) is 16.3. The third-order valence-electron chi connectivity index (χ3n) is 3.88. The lowest BCUT2D eigenvalue weighted by molar-refractivity contribution is -0.121. The van der Waals surface area contributed by atoms with Crippen molar-refractivity contribution < 1.29 is 4.79 Å². The van der Waals surface area contributed by atoms with Gasteiger partial charge in [0.1, 0.15) is 6.54 Å². The molecule has 0 unspecified atom stereocenters. The Morgan fingerprint density at radius 1 is 1.00 bits per heavy atom. The number of carbonyl (C=O) groups excluding carboxylic acids is 1. The molecule has 0 bridgehead atoms. The summed E-state index contributed by atoms with van der Waals surface area (Å²) in [6.45, 7) is 0.248. The van der Waals surface area contributed by atoms with Gasteiger partial charge in [0.2, 0.25) is 5.91 Å². The molecule has 2 aromatic carbocycles. The first kappa shape index (κ1) is 15.7. The van der Waals surface area contributed by atoms with Crippen LogP contribution in [-0.2, 0) is 24.9 Å². The first-order chi connectivity index (χ1) is 11.6. The molecule has 0 spiro atoms. The number of carbonyl (C=O) groups is 1. The molecule has 122 valence electrons. The van der Waals surface area contributed by atoms with Gasteiger partial charge >= 0.3 is 5.69 Å². The number of benzene rings is 2. The monoisotopic (exact) mass is 323 g/mol. The van der Waals surface area contributed by atoms with E-state index in [0.717, 1.165) is 10.1 Å². The van der Waals surface area contributed by atoms with E-state index in [-0.39, 0.29) is 18.0 Å². The fourth-order valence-electron chi connectivity index (χ4n) is 2.59. The van der Waals surface area contributed by atoms with Crippen molar-refractivity contribution in [3.8, 4) is 0 Å². The van der Waals surface area contributed by atoms with E-state index in [4.69, 9.17) is 0 Å². The minimum absolute atomic E-state index is 0.139. The van der Waals surface area contributed by atoms with Crippen molar-refractivity contribution in [2.45, 2.75) is 13.1 Å². The second-order valence-corrected chi connectivity index (χ2v) is 5.51. The van der Waals surface area contributed by atoms with E-state index in [2.05, 4.69) is 5.32 Å². The number of aromatic nitrogens is 2. The van der Waals surface area contributed by atoms with E-state index in [9.17, 15) is 14.4 Å². The Bertz CT molecular complexity index is 1000. The highest BCUT2D eigenvalue weighted by molar-refractivity contribution is 5.81. The summed E-state index contributed by atoms with van der Waals surface area (Å²) >= 11 is 0. The topological polar surface area (TPSA) is 73.1 Å². The quantitative estimate of drug-likeness (QED) is 0.779. The van der Waals surface area contributed by atoms with Crippen LogP contribution in [-0.4, -0.2) is 15.0 Å². The van der Waals surface area contributed by atoms with Gasteiger partial charge < -0.3 is 5.32 Å². The van der Waals surface area contributed by atoms with Crippen LogP contribution in [0.15, 0.2) is 64.2 Å². The van der Waals surface area contributed by atoms with Gasteiger partial charge in [0.15, 0.2) is 0 Å². The van der Waals surface area contributed by atoms with Crippen molar-refractivity contribution in [1.29, 1.82) is 0 Å². The molecule has 0 fully saturated rings. The smallest absolute Gasteiger partial charge is 0.331 e. The number of hydrogen-bond acceptors (Lipinski definition) is 3. The Hall–Kier alpha value is -3.15. The Balaban J connectivity index is 1.89. The third-order valence-corrected chi connectivity index (χ3v) is 3.88. The van der Waals surface area contributed by atoms with Crippen LogP contribution >= 0.6 is 0 Å². The second kappa shape index (κ2) is 6.54. The molecule has 1 amide bonds. The molecule has 0 saturated carbocycles. The maximum absolute atomic E-state index is 12.4. The van der Waals surface area contributed by atoms with E-state index in [1.54, 1.807) is 24.3 Å². The maximum Gasteiger partial charge on any atom is 0.331 e. The lowest BCUT2D eigenvalue weighted by Gasteiger charge is -2.12. The molecular formula is C18H17N3O3. The van der Waals surface area contributed by atoms with Gasteiger partial charge in [0, 0.05) is 13.6 Å². The van der Waals surface area contributed by atoms with Gasteiger partial charge in [-0.2, -0.15) is 0 Å². The molecule has 1 N–H and O–H groups in total. The predicted molar refractivity (Wildman–Crippen MR) is 91.7 cm³/mol. The molecule has 3 aromatic rings. The number of hydrogen-bond donors (Lipinski definition) is 1. The van der Waals surface area contributed by atoms with Crippen LogP contribution in [0.2, 0.25) is 0 Å². The molecule has 6 nitrogen and oxygen atoms in total. The second-order valence-electron chi connectivity index (χ2n) is 5.51. The first-order valence-corrected chi connectivity index (χ1v) is 7.57. The lowest BCUT2D eigenvalue weighted by atomic mass is 10.2. The van der Waals surface area contributed by atoms with Crippen LogP contribution in [0.25, 0.3) is 10.9 Å². The molecule has 6 heteroatoms. The Morgan fingerprint density at radius 3 is 2.42 bits per heavy atom. The van der Waals surface area contributed by atoms with Crippen molar-refractivity contribution >= 4 is 16.8 Å². The highest BCUT2D eigenvalue weighted by Crippen LogP contribution is 2.07. The van der Waals surface area contributed by atoms with Crippen LogP contribution in [0.5, 0.6) is 0 Å². The van der Waals surface area contributed by atoms with Crippen LogP contribution in [0.1, 0.15) is 5.56 Å². The fraction of sp³-hybridized carbons (Fsp3) is 0.167. The minimum Gasteiger partial charge on any atom is -0.350 e. The largest absolute Gasteiger partial charge is 0.350 e. The number of nitrogens with one attached hydrogen (secondary N) is 1. The number of nitrogens with zero attached hydrogens (tertiary/aromatic N) is 2. The zero-order chi connectivity index (χ0) is 17.1. The zero-order valence-corrected chi connectivity index (χ0v) is 13.2. The average molecular weight is 323 g/mol.